The van der Waals surface area contributed by atoms with Gasteiger partial charge in [-0.15, -0.1) is 0 Å². The van der Waals surface area contributed by atoms with Crippen molar-refractivity contribution >= 4 is 22.3 Å². The maximum absolute atomic E-state index is 6.31. The third kappa shape index (κ3) is 1.75. The molecule has 110 valence electrons. The largest absolute Gasteiger partial charge is 0.396 e. The highest BCUT2D eigenvalue weighted by atomic mass is 15.4. The minimum Gasteiger partial charge on any atom is -0.396 e. The van der Waals surface area contributed by atoms with Crippen LogP contribution in [0.15, 0.2) is 30.5 Å². The molecule has 0 amide bonds. The van der Waals surface area contributed by atoms with E-state index in [2.05, 4.69) is 40.0 Å². The number of rotatable bonds is 2. The summed E-state index contributed by atoms with van der Waals surface area (Å²) in [5, 5.41) is 1.16. The van der Waals surface area contributed by atoms with Crippen LogP contribution in [-0.2, 0) is 0 Å². The van der Waals surface area contributed by atoms with E-state index in [1.54, 1.807) is 6.20 Å². The van der Waals surface area contributed by atoms with E-state index >= 15 is 0 Å². The molecule has 2 aliphatic heterocycles. The van der Waals surface area contributed by atoms with Crippen molar-refractivity contribution in [2.24, 2.45) is 0 Å². The summed E-state index contributed by atoms with van der Waals surface area (Å²) in [4.78, 5) is 9.55. The van der Waals surface area contributed by atoms with Gasteiger partial charge in [0, 0.05) is 25.5 Å². The summed E-state index contributed by atoms with van der Waals surface area (Å²) in [5.74, 6) is 0. The Morgan fingerprint density at radius 2 is 1.90 bits per heavy atom. The topological polar surface area (TPSA) is 45.4 Å². The van der Waals surface area contributed by atoms with E-state index in [1.807, 2.05) is 6.07 Å². The molecule has 2 aromatic rings. The third-order valence-electron chi connectivity index (χ3n) is 5.33. The molecule has 3 heterocycles. The van der Waals surface area contributed by atoms with Gasteiger partial charge >= 0.3 is 0 Å². The normalized spacial score (nSPS) is 20.8. The van der Waals surface area contributed by atoms with E-state index in [0.29, 0.717) is 0 Å². The number of fused-ring (bicyclic) bond motifs is 2. The van der Waals surface area contributed by atoms with Crippen LogP contribution in [0.4, 0.5) is 11.4 Å². The fourth-order valence-electron chi connectivity index (χ4n) is 4.35. The molecule has 2 saturated heterocycles. The highest BCUT2D eigenvalue weighted by molar-refractivity contribution is 5.97. The van der Waals surface area contributed by atoms with Crippen LogP contribution in [0.5, 0.6) is 0 Å². The fourth-order valence-corrected chi connectivity index (χ4v) is 4.35. The van der Waals surface area contributed by atoms with Crippen molar-refractivity contribution in [3.8, 4) is 0 Å². The summed E-state index contributed by atoms with van der Waals surface area (Å²) < 4.78 is 0. The number of para-hydroxylation sites is 1. The Balaban J connectivity index is 1.88. The third-order valence-corrected chi connectivity index (χ3v) is 5.33. The van der Waals surface area contributed by atoms with Crippen LogP contribution < -0.4 is 10.6 Å². The molecule has 2 N–H and O–H groups in total. The summed E-state index contributed by atoms with van der Waals surface area (Å²) in [6.45, 7) is 2.43. The second-order valence-electron chi connectivity index (χ2n) is 6.31. The van der Waals surface area contributed by atoms with Crippen molar-refractivity contribution in [1.82, 2.24) is 9.88 Å². The van der Waals surface area contributed by atoms with E-state index < -0.39 is 0 Å². The summed E-state index contributed by atoms with van der Waals surface area (Å²) in [7, 11) is 2.21. The van der Waals surface area contributed by atoms with Gasteiger partial charge in [0.05, 0.1) is 28.8 Å². The minimum absolute atomic E-state index is 0.165. The van der Waals surface area contributed by atoms with Crippen LogP contribution in [0.2, 0.25) is 0 Å². The van der Waals surface area contributed by atoms with Gasteiger partial charge in [0.15, 0.2) is 0 Å². The fraction of sp³-hybridized carbons (Fsp3) is 0.471. The average molecular weight is 282 g/mol. The highest BCUT2D eigenvalue weighted by Gasteiger charge is 2.47. The lowest BCUT2D eigenvalue weighted by molar-refractivity contribution is 0.195. The number of nitrogens with zero attached hydrogens (tertiary/aromatic N) is 3. The van der Waals surface area contributed by atoms with Gasteiger partial charge in [0.1, 0.15) is 0 Å². The van der Waals surface area contributed by atoms with Gasteiger partial charge in [0.25, 0.3) is 0 Å². The van der Waals surface area contributed by atoms with Crippen LogP contribution >= 0.6 is 0 Å². The number of pyridine rings is 1. The van der Waals surface area contributed by atoms with Crippen LogP contribution in [0.3, 0.4) is 0 Å². The molecule has 1 aromatic carbocycles. The molecule has 4 heteroatoms. The minimum atomic E-state index is 0.165. The van der Waals surface area contributed by atoms with Crippen LogP contribution in [0.25, 0.3) is 10.9 Å². The van der Waals surface area contributed by atoms with E-state index in [9.17, 15) is 0 Å². The number of benzene rings is 1. The Labute approximate surface area is 125 Å². The molecule has 0 unspecified atom stereocenters. The molecular weight excluding hydrogens is 260 g/mol. The molecule has 0 saturated carbocycles. The number of hydrogen-bond donors (Lipinski definition) is 1. The second-order valence-corrected chi connectivity index (χ2v) is 6.31. The van der Waals surface area contributed by atoms with E-state index in [1.165, 1.54) is 38.8 Å². The zero-order valence-electron chi connectivity index (χ0n) is 12.5. The zero-order chi connectivity index (χ0) is 14.4. The van der Waals surface area contributed by atoms with Gasteiger partial charge in [-0.2, -0.15) is 0 Å². The van der Waals surface area contributed by atoms with Crippen molar-refractivity contribution in [3.05, 3.63) is 30.5 Å². The monoisotopic (exact) mass is 282 g/mol. The molecule has 0 spiro atoms. The molecule has 4 nitrogen and oxygen atoms in total. The first-order valence-corrected chi connectivity index (χ1v) is 7.84. The SMILES string of the molecule is CN(c1c(N)cnc2ccccc12)C12CCCN1CCC2. The van der Waals surface area contributed by atoms with Crippen molar-refractivity contribution in [1.29, 1.82) is 0 Å². The number of aromatic nitrogens is 1. The first-order chi connectivity index (χ1) is 10.2. The van der Waals surface area contributed by atoms with Crippen molar-refractivity contribution in [2.75, 3.05) is 30.8 Å². The van der Waals surface area contributed by atoms with Crippen molar-refractivity contribution in [3.63, 3.8) is 0 Å². The van der Waals surface area contributed by atoms with E-state index in [4.69, 9.17) is 5.73 Å². The van der Waals surface area contributed by atoms with Gasteiger partial charge in [-0.25, -0.2) is 0 Å². The van der Waals surface area contributed by atoms with Gasteiger partial charge in [-0.1, -0.05) is 18.2 Å². The number of nitrogens with two attached hydrogens (primary N) is 1. The quantitative estimate of drug-likeness (QED) is 0.920. The average Bonchev–Trinajstić information content (AvgIpc) is 3.07. The molecule has 1 aromatic heterocycles. The lowest BCUT2D eigenvalue weighted by atomic mass is 10.0. The summed E-state index contributed by atoms with van der Waals surface area (Å²) >= 11 is 0. The molecule has 0 aliphatic carbocycles. The predicted octanol–water partition coefficient (Wildman–Crippen LogP) is 2.84. The predicted molar refractivity (Wildman–Crippen MR) is 87.3 cm³/mol. The van der Waals surface area contributed by atoms with Gasteiger partial charge in [-0.05, 0) is 31.7 Å². The van der Waals surface area contributed by atoms with Crippen LogP contribution in [-0.4, -0.2) is 35.7 Å². The summed E-state index contributed by atoms with van der Waals surface area (Å²) in [6, 6.07) is 8.30. The molecular formula is C17H22N4. The Hall–Kier alpha value is -1.81. The Kier molecular flexibility index (Phi) is 2.82. The number of hydrogen-bond acceptors (Lipinski definition) is 4. The van der Waals surface area contributed by atoms with E-state index in [-0.39, 0.29) is 5.66 Å². The van der Waals surface area contributed by atoms with Crippen molar-refractivity contribution in [2.45, 2.75) is 31.3 Å². The Morgan fingerprint density at radius 1 is 1.19 bits per heavy atom. The van der Waals surface area contributed by atoms with E-state index in [0.717, 1.165) is 22.3 Å². The van der Waals surface area contributed by atoms with Gasteiger partial charge < -0.3 is 10.6 Å². The molecule has 0 radical (unpaired) electrons. The molecule has 0 atom stereocenters. The van der Waals surface area contributed by atoms with Crippen LogP contribution in [0.1, 0.15) is 25.7 Å². The molecule has 4 rings (SSSR count). The maximum atomic E-state index is 6.31. The molecule has 2 fully saturated rings. The summed E-state index contributed by atoms with van der Waals surface area (Å²) in [5.41, 5.74) is 9.43. The molecule has 21 heavy (non-hydrogen) atoms. The van der Waals surface area contributed by atoms with Gasteiger partial charge in [-0.3, -0.25) is 9.88 Å². The van der Waals surface area contributed by atoms with Gasteiger partial charge in [0.2, 0.25) is 0 Å². The Morgan fingerprint density at radius 3 is 2.67 bits per heavy atom. The molecule has 2 aliphatic rings. The number of nitrogen functional groups attached to an aromatic ring is 1. The zero-order valence-corrected chi connectivity index (χ0v) is 12.5. The standard InChI is InChI=1S/C17H22N4/c1-20(17-8-4-10-21(17)11-5-9-17)16-13-6-2-3-7-15(13)19-12-14(16)18/h2-3,6-7,12H,4-5,8-11,18H2,1H3. The summed E-state index contributed by atoms with van der Waals surface area (Å²) in [6.07, 6.45) is 6.85. The van der Waals surface area contributed by atoms with Crippen molar-refractivity contribution < 1.29 is 0 Å². The van der Waals surface area contributed by atoms with Crippen LogP contribution in [0, 0.1) is 0 Å². The molecule has 0 bridgehead atoms. The smallest absolute Gasteiger partial charge is 0.0932 e. The Bertz CT molecular complexity index is 672. The lowest BCUT2D eigenvalue weighted by Crippen LogP contribution is -2.52. The first-order valence-electron chi connectivity index (χ1n) is 7.84. The first kappa shape index (κ1) is 12.9. The lowest BCUT2D eigenvalue weighted by Gasteiger charge is -2.43. The maximum Gasteiger partial charge on any atom is 0.0932 e. The second kappa shape index (κ2) is 4.60. The highest BCUT2D eigenvalue weighted by Crippen LogP contribution is 2.45. The number of anilines is 2.